The molecule has 0 saturated carbocycles. The molecule has 0 aliphatic rings. The van der Waals surface area contributed by atoms with Crippen LogP contribution in [0.15, 0.2) is 24.5 Å². The molecule has 2 heterocycles. The molecule has 0 atom stereocenters. The number of nitrogens with zero attached hydrogens (tertiary/aromatic N) is 4. The molecule has 0 aromatic carbocycles. The first kappa shape index (κ1) is 14.6. The van der Waals surface area contributed by atoms with E-state index in [-0.39, 0.29) is 11.0 Å². The number of aromatic nitrogens is 3. The maximum atomic E-state index is 12.7. The Balaban J connectivity index is 2.25. The molecule has 108 valence electrons. The zero-order valence-corrected chi connectivity index (χ0v) is 11.6. The van der Waals surface area contributed by atoms with E-state index in [1.165, 1.54) is 0 Å². The van der Waals surface area contributed by atoms with Crippen molar-refractivity contribution < 1.29 is 13.2 Å². The maximum Gasteiger partial charge on any atom is 0.416 e. The van der Waals surface area contributed by atoms with Crippen LogP contribution in [-0.4, -0.2) is 21.8 Å². The first-order valence-electron chi connectivity index (χ1n) is 5.69. The number of pyridine rings is 1. The molecule has 0 aliphatic carbocycles. The van der Waals surface area contributed by atoms with Gasteiger partial charge in [-0.25, -0.2) is 4.98 Å². The Kier molecular flexibility index (Phi) is 3.89. The third-order valence-corrected chi connectivity index (χ3v) is 2.87. The fourth-order valence-corrected chi connectivity index (χ4v) is 1.95. The van der Waals surface area contributed by atoms with Crippen LogP contribution < -0.4 is 4.90 Å². The Morgan fingerprint density at radius 2 is 2.05 bits per heavy atom. The fourth-order valence-electron chi connectivity index (χ4n) is 1.75. The van der Waals surface area contributed by atoms with E-state index < -0.39 is 11.7 Å². The molecule has 8 heteroatoms. The van der Waals surface area contributed by atoms with Crippen molar-refractivity contribution in [1.82, 2.24) is 14.8 Å². The molecule has 0 amide bonds. The number of rotatable bonds is 3. The van der Waals surface area contributed by atoms with Crippen molar-refractivity contribution in [3.63, 3.8) is 0 Å². The highest BCUT2D eigenvalue weighted by Crippen LogP contribution is 2.32. The monoisotopic (exact) mass is 304 g/mol. The fraction of sp³-hybridized carbons (Fsp3) is 0.333. The largest absolute Gasteiger partial charge is 0.416 e. The summed E-state index contributed by atoms with van der Waals surface area (Å²) in [5, 5.41) is 3.81. The molecule has 0 fully saturated rings. The van der Waals surface area contributed by atoms with Gasteiger partial charge in [0.25, 0.3) is 0 Å². The predicted octanol–water partition coefficient (Wildman–Crippen LogP) is 3.12. The van der Waals surface area contributed by atoms with Crippen molar-refractivity contribution in [2.75, 3.05) is 11.9 Å². The van der Waals surface area contributed by atoms with E-state index in [1.54, 1.807) is 36.1 Å². The third kappa shape index (κ3) is 3.41. The van der Waals surface area contributed by atoms with Crippen LogP contribution in [0.25, 0.3) is 0 Å². The summed E-state index contributed by atoms with van der Waals surface area (Å²) in [6, 6.07) is 1.78. The van der Waals surface area contributed by atoms with Gasteiger partial charge in [-0.05, 0) is 12.1 Å². The molecule has 2 aromatic rings. The van der Waals surface area contributed by atoms with Crippen molar-refractivity contribution in [3.8, 4) is 0 Å². The lowest BCUT2D eigenvalue weighted by Crippen LogP contribution is -2.18. The SMILES string of the molecule is CN(Cc1cnn(C)c1)c1cc(C(F)(F)F)cc(Cl)n1. The lowest BCUT2D eigenvalue weighted by Gasteiger charge is -2.19. The lowest BCUT2D eigenvalue weighted by molar-refractivity contribution is -0.137. The average molecular weight is 305 g/mol. The summed E-state index contributed by atoms with van der Waals surface area (Å²) in [6.07, 6.45) is -1.02. The van der Waals surface area contributed by atoms with Gasteiger partial charge in [-0.3, -0.25) is 4.68 Å². The highest BCUT2D eigenvalue weighted by molar-refractivity contribution is 6.29. The molecule has 2 rings (SSSR count). The summed E-state index contributed by atoms with van der Waals surface area (Å²) >= 11 is 5.65. The Labute approximate surface area is 118 Å². The minimum absolute atomic E-state index is 0.161. The maximum absolute atomic E-state index is 12.7. The summed E-state index contributed by atoms with van der Waals surface area (Å²) in [5.41, 5.74) is 0.0517. The van der Waals surface area contributed by atoms with Gasteiger partial charge in [-0.15, -0.1) is 0 Å². The van der Waals surface area contributed by atoms with Gasteiger partial charge in [0.1, 0.15) is 11.0 Å². The summed E-state index contributed by atoms with van der Waals surface area (Å²) in [7, 11) is 3.41. The van der Waals surface area contributed by atoms with E-state index in [9.17, 15) is 13.2 Å². The van der Waals surface area contributed by atoms with Crippen LogP contribution in [0.5, 0.6) is 0 Å². The Bertz CT molecular complexity index is 609. The van der Waals surface area contributed by atoms with E-state index >= 15 is 0 Å². The second kappa shape index (κ2) is 5.32. The van der Waals surface area contributed by atoms with Gasteiger partial charge in [0.2, 0.25) is 0 Å². The third-order valence-electron chi connectivity index (χ3n) is 2.68. The zero-order chi connectivity index (χ0) is 14.9. The second-order valence-electron chi connectivity index (χ2n) is 4.41. The summed E-state index contributed by atoms with van der Waals surface area (Å²) in [6.45, 7) is 0.387. The lowest BCUT2D eigenvalue weighted by atomic mass is 10.2. The van der Waals surface area contributed by atoms with Crippen LogP contribution in [0, 0.1) is 0 Å². The predicted molar refractivity (Wildman–Crippen MR) is 69.6 cm³/mol. The molecule has 0 radical (unpaired) electrons. The molecule has 0 spiro atoms. The normalized spacial score (nSPS) is 11.7. The number of aryl methyl sites for hydroxylation is 1. The summed E-state index contributed by atoms with van der Waals surface area (Å²) in [4.78, 5) is 5.50. The minimum atomic E-state index is -4.45. The van der Waals surface area contributed by atoms with E-state index in [4.69, 9.17) is 11.6 Å². The number of hydrogen-bond donors (Lipinski definition) is 0. The van der Waals surface area contributed by atoms with Crippen LogP contribution in [0.4, 0.5) is 19.0 Å². The van der Waals surface area contributed by atoms with Crippen molar-refractivity contribution in [1.29, 1.82) is 0 Å². The van der Waals surface area contributed by atoms with Crippen molar-refractivity contribution in [2.24, 2.45) is 7.05 Å². The minimum Gasteiger partial charge on any atom is -0.355 e. The highest BCUT2D eigenvalue weighted by Gasteiger charge is 2.31. The molecule has 0 aliphatic heterocycles. The number of hydrogen-bond acceptors (Lipinski definition) is 3. The highest BCUT2D eigenvalue weighted by atomic mass is 35.5. The van der Waals surface area contributed by atoms with Crippen LogP contribution in [0.3, 0.4) is 0 Å². The zero-order valence-electron chi connectivity index (χ0n) is 10.8. The first-order valence-corrected chi connectivity index (χ1v) is 6.07. The van der Waals surface area contributed by atoms with Gasteiger partial charge < -0.3 is 4.90 Å². The van der Waals surface area contributed by atoms with Crippen LogP contribution in [-0.2, 0) is 19.8 Å². The molecule has 0 saturated heterocycles. The molecule has 20 heavy (non-hydrogen) atoms. The van der Waals surface area contributed by atoms with Gasteiger partial charge in [0.05, 0.1) is 11.8 Å². The van der Waals surface area contributed by atoms with Crippen molar-refractivity contribution in [3.05, 3.63) is 40.8 Å². The number of alkyl halides is 3. The quantitative estimate of drug-likeness (QED) is 0.817. The Morgan fingerprint density at radius 3 is 2.60 bits per heavy atom. The molecular formula is C12H12ClF3N4. The van der Waals surface area contributed by atoms with Crippen molar-refractivity contribution in [2.45, 2.75) is 12.7 Å². The molecule has 0 N–H and O–H groups in total. The standard InChI is InChI=1S/C12H12ClF3N4/c1-19(6-8-5-17-20(2)7-8)11-4-9(12(14,15)16)3-10(13)18-11/h3-5,7H,6H2,1-2H3. The Morgan fingerprint density at radius 1 is 1.35 bits per heavy atom. The molecular weight excluding hydrogens is 293 g/mol. The van der Waals surface area contributed by atoms with Gasteiger partial charge in [0, 0.05) is 32.4 Å². The van der Waals surface area contributed by atoms with Crippen LogP contribution in [0.2, 0.25) is 5.15 Å². The Hall–Kier alpha value is -1.76. The molecule has 2 aromatic heterocycles. The molecule has 4 nitrogen and oxygen atoms in total. The van der Waals surface area contributed by atoms with Crippen molar-refractivity contribution >= 4 is 17.4 Å². The van der Waals surface area contributed by atoms with E-state index in [0.29, 0.717) is 6.54 Å². The van der Waals surface area contributed by atoms with Crippen LogP contribution in [0.1, 0.15) is 11.1 Å². The second-order valence-corrected chi connectivity index (χ2v) is 4.80. The number of halogens is 4. The van der Waals surface area contributed by atoms with E-state index in [2.05, 4.69) is 10.1 Å². The van der Waals surface area contributed by atoms with Gasteiger partial charge in [0.15, 0.2) is 0 Å². The van der Waals surface area contributed by atoms with Gasteiger partial charge in [-0.1, -0.05) is 11.6 Å². The first-order chi connectivity index (χ1) is 9.25. The average Bonchev–Trinajstić information content (AvgIpc) is 2.72. The molecule has 0 bridgehead atoms. The van der Waals surface area contributed by atoms with Gasteiger partial charge in [-0.2, -0.15) is 18.3 Å². The smallest absolute Gasteiger partial charge is 0.355 e. The topological polar surface area (TPSA) is 34.0 Å². The van der Waals surface area contributed by atoms with Crippen LogP contribution >= 0.6 is 11.6 Å². The number of anilines is 1. The summed E-state index contributed by atoms with van der Waals surface area (Å²) < 4.78 is 39.8. The van der Waals surface area contributed by atoms with E-state index in [0.717, 1.165) is 17.7 Å². The molecule has 0 unspecified atom stereocenters. The summed E-state index contributed by atoms with van der Waals surface area (Å²) in [5.74, 6) is 0.161. The van der Waals surface area contributed by atoms with E-state index in [1.807, 2.05) is 0 Å². The van der Waals surface area contributed by atoms with Gasteiger partial charge >= 0.3 is 6.18 Å².